The second kappa shape index (κ2) is 11.4. The third kappa shape index (κ3) is 4.91. The van der Waals surface area contributed by atoms with Gasteiger partial charge in [0.2, 0.25) is 5.91 Å². The van der Waals surface area contributed by atoms with Crippen molar-refractivity contribution >= 4 is 33.4 Å². The highest BCUT2D eigenvalue weighted by Gasteiger charge is 2.52. The van der Waals surface area contributed by atoms with E-state index in [1.165, 1.54) is 36.5 Å². The Hall–Kier alpha value is -4.82. The van der Waals surface area contributed by atoms with E-state index in [-0.39, 0.29) is 68.4 Å². The first-order chi connectivity index (χ1) is 23.5. The molecule has 0 spiro atoms. The lowest BCUT2D eigenvalue weighted by Crippen LogP contribution is -2.57. The number of hydrogen-bond acceptors (Lipinski definition) is 8. The van der Waals surface area contributed by atoms with Crippen LogP contribution in [0.15, 0.2) is 43.1 Å². The molecule has 49 heavy (non-hydrogen) atoms. The molecule has 4 aliphatic heterocycles. The number of piperazine rings is 1. The Morgan fingerprint density at radius 3 is 2.67 bits per heavy atom. The number of halogens is 2. The summed E-state index contributed by atoms with van der Waals surface area (Å²) < 4.78 is 38.3. The zero-order valence-electron chi connectivity index (χ0n) is 27.7. The van der Waals surface area contributed by atoms with Crippen LogP contribution in [0.3, 0.4) is 0 Å². The molecule has 2 bridgehead atoms. The fraction of sp³-hybridized carbons (Fsp3) is 0.421. The van der Waals surface area contributed by atoms with E-state index < -0.39 is 11.6 Å². The predicted octanol–water partition coefficient (Wildman–Crippen LogP) is 5.82. The van der Waals surface area contributed by atoms with Crippen LogP contribution >= 0.6 is 0 Å². The number of anilines is 1. The summed E-state index contributed by atoms with van der Waals surface area (Å²) in [7, 11) is 0. The maximum absolute atomic E-state index is 17.0. The normalized spacial score (nSPS) is 22.4. The number of terminal acetylenes is 1. The monoisotopic (exact) mass is 664 g/mol. The van der Waals surface area contributed by atoms with E-state index in [0.29, 0.717) is 36.3 Å². The molecule has 0 aliphatic carbocycles. The summed E-state index contributed by atoms with van der Waals surface area (Å²) in [5.41, 5.74) is -0.301. The number of ether oxygens (including phenoxy) is 1. The minimum absolute atomic E-state index is 0.0106. The van der Waals surface area contributed by atoms with E-state index in [1.54, 1.807) is 0 Å². The van der Waals surface area contributed by atoms with Crippen LogP contribution < -0.4 is 9.64 Å². The number of carbonyl (C=O) groups is 1. The summed E-state index contributed by atoms with van der Waals surface area (Å²) >= 11 is 0. The molecule has 2 aromatic carbocycles. The fourth-order valence-electron chi connectivity index (χ4n) is 9.04. The average Bonchev–Trinajstić information content (AvgIpc) is 3.71. The molecule has 2 aromatic heterocycles. The number of nitrogens with zero attached hydrogens (tertiary/aromatic N) is 6. The van der Waals surface area contributed by atoms with Crippen molar-refractivity contribution in [2.24, 2.45) is 5.41 Å². The molecule has 8 rings (SSSR count). The highest BCUT2D eigenvalue weighted by atomic mass is 19.1. The topological polar surface area (TPSA) is 94.9 Å². The number of carbonyl (C=O) groups excluding carboxylic acids is 1. The second-order valence-electron chi connectivity index (χ2n) is 14.6. The van der Waals surface area contributed by atoms with Gasteiger partial charge in [0.15, 0.2) is 5.82 Å². The number of fused-ring (bicyclic) bond motifs is 5. The lowest BCUT2D eigenvalue weighted by Gasteiger charge is -2.43. The maximum Gasteiger partial charge on any atom is 0.319 e. The lowest BCUT2D eigenvalue weighted by atomic mass is 9.84. The van der Waals surface area contributed by atoms with Crippen molar-refractivity contribution in [2.45, 2.75) is 63.6 Å². The van der Waals surface area contributed by atoms with Crippen LogP contribution in [-0.2, 0) is 4.79 Å². The van der Waals surface area contributed by atoms with Crippen LogP contribution in [0.2, 0.25) is 0 Å². The van der Waals surface area contributed by atoms with Gasteiger partial charge < -0.3 is 19.6 Å². The van der Waals surface area contributed by atoms with Crippen LogP contribution in [0.4, 0.5) is 14.6 Å². The van der Waals surface area contributed by atoms with Gasteiger partial charge >= 0.3 is 6.01 Å². The van der Waals surface area contributed by atoms with E-state index in [9.17, 15) is 14.3 Å². The van der Waals surface area contributed by atoms with Gasteiger partial charge in [-0.25, -0.2) is 8.78 Å². The van der Waals surface area contributed by atoms with E-state index in [0.717, 1.165) is 45.2 Å². The number of aromatic hydroxyl groups is 1. The summed E-state index contributed by atoms with van der Waals surface area (Å²) in [6, 6.07) is 5.34. The van der Waals surface area contributed by atoms with Gasteiger partial charge in [0.05, 0.1) is 28.6 Å². The smallest absolute Gasteiger partial charge is 0.319 e. The van der Waals surface area contributed by atoms with Crippen LogP contribution in [0.1, 0.15) is 51.5 Å². The molecule has 6 heterocycles. The molecule has 4 saturated heterocycles. The summed E-state index contributed by atoms with van der Waals surface area (Å²) in [5, 5.41) is 11.7. The molecular weight excluding hydrogens is 626 g/mol. The molecule has 0 saturated carbocycles. The van der Waals surface area contributed by atoms with Crippen LogP contribution in [0, 0.1) is 29.4 Å². The Morgan fingerprint density at radius 1 is 1.18 bits per heavy atom. The highest BCUT2D eigenvalue weighted by Crippen LogP contribution is 2.46. The molecule has 0 unspecified atom stereocenters. The van der Waals surface area contributed by atoms with Gasteiger partial charge in [0.1, 0.15) is 35.2 Å². The first-order valence-electron chi connectivity index (χ1n) is 16.9. The van der Waals surface area contributed by atoms with Crippen molar-refractivity contribution in [1.82, 2.24) is 24.8 Å². The molecule has 4 aromatic rings. The Morgan fingerprint density at radius 2 is 1.96 bits per heavy atom. The van der Waals surface area contributed by atoms with Crippen LogP contribution in [-0.4, -0.2) is 86.2 Å². The van der Waals surface area contributed by atoms with Crippen molar-refractivity contribution < 1.29 is 23.4 Å². The summed E-state index contributed by atoms with van der Waals surface area (Å²) in [6.45, 7) is 11.4. The van der Waals surface area contributed by atoms with Gasteiger partial charge in [-0.3, -0.25) is 14.7 Å². The lowest BCUT2D eigenvalue weighted by molar-refractivity contribution is -0.130. The van der Waals surface area contributed by atoms with Crippen molar-refractivity contribution in [1.29, 1.82) is 0 Å². The molecule has 1 amide bonds. The van der Waals surface area contributed by atoms with Gasteiger partial charge in [-0.1, -0.05) is 32.4 Å². The zero-order valence-corrected chi connectivity index (χ0v) is 27.7. The molecule has 11 heteroatoms. The summed E-state index contributed by atoms with van der Waals surface area (Å²) in [4.78, 5) is 33.5. The fourth-order valence-corrected chi connectivity index (χ4v) is 9.04. The Balaban J connectivity index is 1.28. The van der Waals surface area contributed by atoms with Gasteiger partial charge in [0.25, 0.3) is 0 Å². The minimum Gasteiger partial charge on any atom is -0.508 e. The number of hydrogen-bond donors (Lipinski definition) is 1. The molecule has 0 radical (unpaired) electrons. The first kappa shape index (κ1) is 31.4. The molecular formula is C38H38F2N6O3. The Bertz CT molecular complexity index is 2080. The average molecular weight is 665 g/mol. The minimum atomic E-state index is -0.768. The number of phenols is 1. The zero-order chi connectivity index (χ0) is 34.2. The molecule has 4 fully saturated rings. The molecule has 4 aliphatic rings. The quantitative estimate of drug-likeness (QED) is 0.204. The summed E-state index contributed by atoms with van der Waals surface area (Å²) in [6.07, 6.45) is 13.6. The first-order valence-corrected chi connectivity index (χ1v) is 16.9. The SMILES string of the molecule is C#Cc1c(F)ccc2cc(O)cc(-c3ncc4c(N5C[C@@H]6CC(C)(C)[C@H](C5)N6C(=O)C=C)nc(OCC56CCCN5CCC6)nc4c3F)c12. The third-order valence-electron chi connectivity index (χ3n) is 11.3. The molecule has 1 N–H and O–H groups in total. The number of amides is 1. The third-order valence-corrected chi connectivity index (χ3v) is 11.3. The molecule has 2 atom stereocenters. The van der Waals surface area contributed by atoms with E-state index in [2.05, 4.69) is 46.1 Å². The van der Waals surface area contributed by atoms with Crippen molar-refractivity contribution in [3.05, 3.63) is 60.3 Å². The van der Waals surface area contributed by atoms with Crippen molar-refractivity contribution in [3.63, 3.8) is 0 Å². The number of benzene rings is 2. The standard InChI is InChI=1S/C38H38F2N6O3/c1-5-25-28(39)10-9-22-15-24(47)16-26(31(22)25)33-32(40)34-27(18-41-33)35(43-36(42-34)49-21-38-11-7-13-45(38)14-8-12-38)44-19-23-17-37(3,4)29(20-44)46(23)30(48)6-2/h1,6,9-10,15-16,18,23,29,47H,2,7-8,11-14,17,19-21H2,3-4H3/t23-,29-/m0/s1. The Labute approximate surface area is 283 Å². The largest absolute Gasteiger partial charge is 0.508 e. The van der Waals surface area contributed by atoms with Crippen LogP contribution in [0.5, 0.6) is 11.8 Å². The number of rotatable bonds is 6. The number of pyridine rings is 1. The second-order valence-corrected chi connectivity index (χ2v) is 14.6. The van der Waals surface area contributed by atoms with Crippen LogP contribution in [0.25, 0.3) is 32.9 Å². The number of phenolic OH excluding ortho intramolecular Hbond substituents is 1. The maximum atomic E-state index is 17.0. The predicted molar refractivity (Wildman–Crippen MR) is 183 cm³/mol. The van der Waals surface area contributed by atoms with Gasteiger partial charge in [-0.05, 0) is 80.3 Å². The van der Waals surface area contributed by atoms with Crippen molar-refractivity contribution in [3.8, 4) is 35.4 Å². The van der Waals surface area contributed by atoms with E-state index in [4.69, 9.17) is 16.1 Å². The van der Waals surface area contributed by atoms with Gasteiger partial charge in [-0.15, -0.1) is 6.42 Å². The van der Waals surface area contributed by atoms with Gasteiger partial charge in [-0.2, -0.15) is 9.97 Å². The van der Waals surface area contributed by atoms with Crippen molar-refractivity contribution in [2.75, 3.05) is 37.7 Å². The van der Waals surface area contributed by atoms with E-state index >= 15 is 4.39 Å². The molecule has 252 valence electrons. The summed E-state index contributed by atoms with van der Waals surface area (Å²) in [5.74, 6) is 1.20. The number of aromatic nitrogens is 3. The highest BCUT2D eigenvalue weighted by molar-refractivity contribution is 6.03. The molecule has 9 nitrogen and oxygen atoms in total. The van der Waals surface area contributed by atoms with E-state index in [1.807, 2.05) is 4.90 Å². The van der Waals surface area contributed by atoms with Gasteiger partial charge in [0, 0.05) is 30.2 Å². The Kier molecular flexibility index (Phi) is 7.30.